The van der Waals surface area contributed by atoms with Gasteiger partial charge < -0.3 is 5.73 Å². The van der Waals surface area contributed by atoms with Crippen LogP contribution >= 0.6 is 0 Å². The smallest absolute Gasteiger partial charge is 0.0150 e. The molecule has 0 radical (unpaired) electrons. The van der Waals surface area contributed by atoms with Crippen molar-refractivity contribution in [2.24, 2.45) is 11.7 Å². The normalized spacial score (nSPS) is 28.9. The summed E-state index contributed by atoms with van der Waals surface area (Å²) in [5.74, 6) is 0.947. The van der Waals surface area contributed by atoms with Crippen LogP contribution in [0.5, 0.6) is 0 Å². The third-order valence-electron chi connectivity index (χ3n) is 5.16. The second-order valence-corrected chi connectivity index (χ2v) is 6.77. The summed E-state index contributed by atoms with van der Waals surface area (Å²) in [6.07, 6.45) is 9.30. The summed E-state index contributed by atoms with van der Waals surface area (Å²) in [7, 11) is 0. The lowest BCUT2D eigenvalue weighted by molar-refractivity contribution is 0.115. The van der Waals surface area contributed by atoms with Crippen LogP contribution in [0.1, 0.15) is 44.1 Å². The lowest BCUT2D eigenvalue weighted by Gasteiger charge is -2.40. The van der Waals surface area contributed by atoms with Gasteiger partial charge in [-0.25, -0.2) is 0 Å². The van der Waals surface area contributed by atoms with Crippen molar-refractivity contribution in [3.8, 4) is 0 Å². The Hall–Kier alpha value is -0.860. The van der Waals surface area contributed by atoms with Crippen LogP contribution in [0.2, 0.25) is 0 Å². The molecule has 2 aliphatic rings. The predicted octanol–water partition coefficient (Wildman–Crippen LogP) is 3.21. The van der Waals surface area contributed by atoms with Gasteiger partial charge in [0.1, 0.15) is 0 Å². The largest absolute Gasteiger partial charge is 0.328 e. The highest BCUT2D eigenvalue weighted by atomic mass is 15.2. The molecule has 0 aromatic heterocycles. The molecule has 1 aromatic rings. The monoisotopic (exact) mass is 272 g/mol. The molecular formula is C18H28N2. The molecule has 3 rings (SSSR count). The standard InChI is InChI=1S/C18H28N2/c19-17-10-11-20(14-16-8-4-5-9-16)18(13-17)12-15-6-2-1-3-7-15/h1-3,6-7,16-18H,4-5,8-14,19H2. The fourth-order valence-electron chi connectivity index (χ4n) is 3.99. The van der Waals surface area contributed by atoms with E-state index in [0.29, 0.717) is 12.1 Å². The number of likely N-dealkylation sites (tertiary alicyclic amines) is 1. The van der Waals surface area contributed by atoms with Crippen LogP contribution in [0.3, 0.4) is 0 Å². The SMILES string of the molecule is NC1CCN(CC2CCCC2)C(Cc2ccccc2)C1. The van der Waals surface area contributed by atoms with Gasteiger partial charge in [-0.1, -0.05) is 43.2 Å². The van der Waals surface area contributed by atoms with Gasteiger partial charge in [-0.05, 0) is 50.1 Å². The van der Waals surface area contributed by atoms with E-state index in [1.807, 2.05) is 0 Å². The first-order valence-corrected chi connectivity index (χ1v) is 8.35. The molecule has 2 N–H and O–H groups in total. The van der Waals surface area contributed by atoms with E-state index in [1.54, 1.807) is 0 Å². The third-order valence-corrected chi connectivity index (χ3v) is 5.16. The summed E-state index contributed by atoms with van der Waals surface area (Å²) in [6.45, 7) is 2.51. The van der Waals surface area contributed by atoms with Crippen LogP contribution in [0.25, 0.3) is 0 Å². The fraction of sp³-hybridized carbons (Fsp3) is 0.667. The molecule has 110 valence electrons. The lowest BCUT2D eigenvalue weighted by Crippen LogP contribution is -2.49. The maximum Gasteiger partial charge on any atom is 0.0150 e. The van der Waals surface area contributed by atoms with Gasteiger partial charge in [0, 0.05) is 18.6 Å². The Balaban J connectivity index is 1.63. The zero-order chi connectivity index (χ0) is 13.8. The number of rotatable bonds is 4. The Morgan fingerprint density at radius 2 is 1.80 bits per heavy atom. The molecule has 2 nitrogen and oxygen atoms in total. The molecule has 2 atom stereocenters. The number of hydrogen-bond donors (Lipinski definition) is 1. The van der Waals surface area contributed by atoms with E-state index in [0.717, 1.165) is 5.92 Å². The Labute approximate surface area is 123 Å². The van der Waals surface area contributed by atoms with Crippen LogP contribution in [0, 0.1) is 5.92 Å². The van der Waals surface area contributed by atoms with Gasteiger partial charge in [0.05, 0.1) is 0 Å². The van der Waals surface area contributed by atoms with E-state index in [-0.39, 0.29) is 0 Å². The van der Waals surface area contributed by atoms with E-state index in [1.165, 1.54) is 63.6 Å². The molecule has 0 amide bonds. The van der Waals surface area contributed by atoms with Gasteiger partial charge in [0.15, 0.2) is 0 Å². The second-order valence-electron chi connectivity index (χ2n) is 6.77. The van der Waals surface area contributed by atoms with Crippen LogP contribution in [0.15, 0.2) is 30.3 Å². The zero-order valence-corrected chi connectivity index (χ0v) is 12.5. The minimum atomic E-state index is 0.406. The summed E-state index contributed by atoms with van der Waals surface area (Å²) in [4.78, 5) is 2.74. The van der Waals surface area contributed by atoms with Crippen LogP contribution < -0.4 is 5.73 Å². The number of benzene rings is 1. The molecule has 0 bridgehead atoms. The fourth-order valence-corrected chi connectivity index (χ4v) is 3.99. The maximum absolute atomic E-state index is 6.22. The molecule has 20 heavy (non-hydrogen) atoms. The average Bonchev–Trinajstić information content (AvgIpc) is 2.96. The molecule has 2 fully saturated rings. The van der Waals surface area contributed by atoms with E-state index >= 15 is 0 Å². The third kappa shape index (κ3) is 3.62. The first kappa shape index (κ1) is 14.1. The molecule has 0 spiro atoms. The number of hydrogen-bond acceptors (Lipinski definition) is 2. The first-order chi connectivity index (χ1) is 9.81. The van der Waals surface area contributed by atoms with E-state index in [2.05, 4.69) is 35.2 Å². The van der Waals surface area contributed by atoms with Crippen molar-refractivity contribution in [3.05, 3.63) is 35.9 Å². The summed E-state index contributed by atoms with van der Waals surface area (Å²) < 4.78 is 0. The van der Waals surface area contributed by atoms with Crippen molar-refractivity contribution in [2.75, 3.05) is 13.1 Å². The van der Waals surface area contributed by atoms with Crippen molar-refractivity contribution in [3.63, 3.8) is 0 Å². The van der Waals surface area contributed by atoms with Gasteiger partial charge >= 0.3 is 0 Å². The quantitative estimate of drug-likeness (QED) is 0.912. The lowest BCUT2D eigenvalue weighted by atomic mass is 9.91. The highest BCUT2D eigenvalue weighted by molar-refractivity contribution is 5.16. The van der Waals surface area contributed by atoms with Crippen molar-refractivity contribution in [1.29, 1.82) is 0 Å². The van der Waals surface area contributed by atoms with Crippen LogP contribution in [0.4, 0.5) is 0 Å². The second kappa shape index (κ2) is 6.73. The summed E-state index contributed by atoms with van der Waals surface area (Å²) >= 11 is 0. The Kier molecular flexibility index (Phi) is 4.74. The van der Waals surface area contributed by atoms with Crippen molar-refractivity contribution in [1.82, 2.24) is 4.90 Å². The number of nitrogens with zero attached hydrogens (tertiary/aromatic N) is 1. The summed E-state index contributed by atoms with van der Waals surface area (Å²) in [5.41, 5.74) is 7.68. The molecule has 1 saturated heterocycles. The topological polar surface area (TPSA) is 29.3 Å². The summed E-state index contributed by atoms with van der Waals surface area (Å²) in [6, 6.07) is 12.0. The molecule has 1 aliphatic heterocycles. The van der Waals surface area contributed by atoms with Gasteiger partial charge in [-0.3, -0.25) is 4.90 Å². The van der Waals surface area contributed by atoms with E-state index in [4.69, 9.17) is 5.73 Å². The molecule has 1 aliphatic carbocycles. The zero-order valence-electron chi connectivity index (χ0n) is 12.5. The number of piperidine rings is 1. The van der Waals surface area contributed by atoms with Gasteiger partial charge in [-0.2, -0.15) is 0 Å². The Morgan fingerprint density at radius 3 is 2.55 bits per heavy atom. The maximum atomic E-state index is 6.22. The highest BCUT2D eigenvalue weighted by Gasteiger charge is 2.29. The minimum Gasteiger partial charge on any atom is -0.328 e. The predicted molar refractivity (Wildman–Crippen MR) is 84.7 cm³/mol. The first-order valence-electron chi connectivity index (χ1n) is 8.35. The van der Waals surface area contributed by atoms with Crippen molar-refractivity contribution >= 4 is 0 Å². The van der Waals surface area contributed by atoms with Crippen molar-refractivity contribution in [2.45, 2.75) is 57.0 Å². The van der Waals surface area contributed by atoms with E-state index < -0.39 is 0 Å². The van der Waals surface area contributed by atoms with Gasteiger partial charge in [0.2, 0.25) is 0 Å². The number of nitrogens with two attached hydrogens (primary N) is 1. The summed E-state index contributed by atoms with van der Waals surface area (Å²) in [5, 5.41) is 0. The van der Waals surface area contributed by atoms with E-state index in [9.17, 15) is 0 Å². The Morgan fingerprint density at radius 1 is 1.05 bits per heavy atom. The average molecular weight is 272 g/mol. The van der Waals surface area contributed by atoms with Crippen LogP contribution in [-0.2, 0) is 6.42 Å². The highest BCUT2D eigenvalue weighted by Crippen LogP contribution is 2.28. The van der Waals surface area contributed by atoms with Gasteiger partial charge in [0.25, 0.3) is 0 Å². The molecule has 2 heteroatoms. The van der Waals surface area contributed by atoms with Crippen LogP contribution in [-0.4, -0.2) is 30.1 Å². The molecule has 2 unspecified atom stereocenters. The Bertz CT molecular complexity index is 397. The minimum absolute atomic E-state index is 0.406. The molecule has 1 aromatic carbocycles. The van der Waals surface area contributed by atoms with Gasteiger partial charge in [-0.15, -0.1) is 0 Å². The molecule has 1 heterocycles. The van der Waals surface area contributed by atoms with Crippen molar-refractivity contribution < 1.29 is 0 Å². The molecular weight excluding hydrogens is 244 g/mol. The molecule has 1 saturated carbocycles.